The zero-order valence-corrected chi connectivity index (χ0v) is 14.8. The van der Waals surface area contributed by atoms with Crippen LogP contribution in [-0.2, 0) is 6.54 Å². The summed E-state index contributed by atoms with van der Waals surface area (Å²) in [5, 5.41) is 6.28. The number of rotatable bonds is 8. The molecule has 25 heavy (non-hydrogen) atoms. The maximum Gasteiger partial charge on any atom is 0.274 e. The fourth-order valence-corrected chi connectivity index (χ4v) is 3.14. The van der Waals surface area contributed by atoms with Crippen LogP contribution in [0, 0.1) is 0 Å². The van der Waals surface area contributed by atoms with E-state index in [0.29, 0.717) is 6.54 Å². The monoisotopic (exact) mass is 335 g/mol. The van der Waals surface area contributed by atoms with Crippen molar-refractivity contribution in [3.63, 3.8) is 0 Å². The third-order valence-electron chi connectivity index (χ3n) is 4.53. The summed E-state index contributed by atoms with van der Waals surface area (Å²) in [7, 11) is 0. The number of nitrogens with zero attached hydrogens (tertiary/aromatic N) is 3. The molecule has 0 fully saturated rings. The Labute approximate surface area is 148 Å². The smallest absolute Gasteiger partial charge is 0.267 e. The molecule has 0 aliphatic heterocycles. The molecule has 0 atom stereocenters. The molecule has 0 aliphatic carbocycles. The first-order valence-corrected chi connectivity index (χ1v) is 9.21. The van der Waals surface area contributed by atoms with Gasteiger partial charge in [0.2, 0.25) is 0 Å². The first-order chi connectivity index (χ1) is 12.3. The van der Waals surface area contributed by atoms with Gasteiger partial charge < -0.3 is 0 Å². The van der Waals surface area contributed by atoms with E-state index >= 15 is 0 Å². The predicted molar refractivity (Wildman–Crippen MR) is 103 cm³/mol. The molecule has 0 unspecified atom stereocenters. The van der Waals surface area contributed by atoms with Crippen molar-refractivity contribution in [2.45, 2.75) is 52.0 Å². The molecule has 0 bridgehead atoms. The number of aromatic nitrogens is 3. The molecule has 2 heterocycles. The lowest BCUT2D eigenvalue weighted by Crippen LogP contribution is -2.24. The molecule has 4 heteroatoms. The van der Waals surface area contributed by atoms with Crippen molar-refractivity contribution >= 4 is 10.8 Å². The Morgan fingerprint density at radius 2 is 1.68 bits per heavy atom. The van der Waals surface area contributed by atoms with E-state index in [-0.39, 0.29) is 5.56 Å². The lowest BCUT2D eigenvalue weighted by Gasteiger charge is -2.11. The van der Waals surface area contributed by atoms with E-state index in [1.54, 1.807) is 17.1 Å². The molecule has 3 rings (SSSR count). The van der Waals surface area contributed by atoms with Gasteiger partial charge in [0.15, 0.2) is 0 Å². The molecule has 0 radical (unpaired) electrons. The van der Waals surface area contributed by atoms with Gasteiger partial charge in [-0.25, -0.2) is 4.68 Å². The molecule has 4 nitrogen and oxygen atoms in total. The van der Waals surface area contributed by atoms with Crippen LogP contribution < -0.4 is 5.56 Å². The quantitative estimate of drug-likeness (QED) is 0.555. The highest BCUT2D eigenvalue weighted by Gasteiger charge is 2.11. The van der Waals surface area contributed by atoms with Crippen molar-refractivity contribution in [2.75, 3.05) is 0 Å². The average molecular weight is 335 g/mol. The summed E-state index contributed by atoms with van der Waals surface area (Å²) in [6, 6.07) is 11.6. The third kappa shape index (κ3) is 4.13. The van der Waals surface area contributed by atoms with Gasteiger partial charge in [0, 0.05) is 29.9 Å². The summed E-state index contributed by atoms with van der Waals surface area (Å²) in [6.45, 7) is 2.89. The highest BCUT2D eigenvalue weighted by Crippen LogP contribution is 2.23. The van der Waals surface area contributed by atoms with Gasteiger partial charge >= 0.3 is 0 Å². The van der Waals surface area contributed by atoms with Crippen LogP contribution in [0.5, 0.6) is 0 Å². The molecule has 0 saturated carbocycles. The van der Waals surface area contributed by atoms with Crippen molar-refractivity contribution in [2.24, 2.45) is 0 Å². The molecule has 2 aromatic heterocycles. The molecule has 0 amide bonds. The third-order valence-corrected chi connectivity index (χ3v) is 4.53. The summed E-state index contributed by atoms with van der Waals surface area (Å²) in [6.07, 6.45) is 10.7. The largest absolute Gasteiger partial charge is 0.274 e. The number of hydrogen-bond donors (Lipinski definition) is 0. The highest BCUT2D eigenvalue weighted by molar-refractivity contribution is 5.93. The van der Waals surface area contributed by atoms with Crippen LogP contribution in [0.15, 0.2) is 53.6 Å². The van der Waals surface area contributed by atoms with Gasteiger partial charge in [0.25, 0.3) is 5.56 Å². The van der Waals surface area contributed by atoms with Gasteiger partial charge in [-0.15, -0.1) is 0 Å². The van der Waals surface area contributed by atoms with E-state index in [1.165, 1.54) is 25.7 Å². The molecule has 3 aromatic rings. The van der Waals surface area contributed by atoms with Crippen molar-refractivity contribution in [1.82, 2.24) is 14.8 Å². The van der Waals surface area contributed by atoms with Crippen LogP contribution in [0.25, 0.3) is 22.0 Å². The number of benzene rings is 1. The minimum absolute atomic E-state index is 0.00296. The van der Waals surface area contributed by atoms with Gasteiger partial charge in [-0.2, -0.15) is 5.10 Å². The number of unbranched alkanes of at least 4 members (excludes halogenated alkanes) is 5. The van der Waals surface area contributed by atoms with Crippen molar-refractivity contribution in [1.29, 1.82) is 0 Å². The molecule has 0 spiro atoms. The Hall–Kier alpha value is -2.49. The van der Waals surface area contributed by atoms with E-state index in [9.17, 15) is 4.79 Å². The number of aryl methyl sites for hydroxylation is 1. The second-order valence-electron chi connectivity index (χ2n) is 6.43. The minimum atomic E-state index is -0.00296. The van der Waals surface area contributed by atoms with E-state index in [0.717, 1.165) is 34.9 Å². The molecule has 0 saturated heterocycles. The molecule has 1 aromatic carbocycles. The molecule has 0 aliphatic rings. The van der Waals surface area contributed by atoms with Gasteiger partial charge in [-0.3, -0.25) is 9.78 Å². The summed E-state index contributed by atoms with van der Waals surface area (Å²) < 4.78 is 1.63. The molecule has 0 N–H and O–H groups in total. The number of fused-ring (bicyclic) bond motifs is 1. The zero-order chi connectivity index (χ0) is 17.5. The second kappa shape index (κ2) is 8.56. The van der Waals surface area contributed by atoms with Gasteiger partial charge in [-0.05, 0) is 24.6 Å². The standard InChI is InChI=1S/C21H25N3O/c1-2-3-4-5-6-9-15-24-21(25)19-13-8-7-12-18(19)20(23-24)17-11-10-14-22-16-17/h7-8,10-14,16H,2-6,9,15H2,1H3. The fourth-order valence-electron chi connectivity index (χ4n) is 3.14. The first kappa shape index (κ1) is 17.3. The highest BCUT2D eigenvalue weighted by atomic mass is 16.1. The summed E-state index contributed by atoms with van der Waals surface area (Å²) in [5.74, 6) is 0. The average Bonchev–Trinajstić information content (AvgIpc) is 2.67. The molecular formula is C21H25N3O. The van der Waals surface area contributed by atoms with Crippen LogP contribution in [0.3, 0.4) is 0 Å². The summed E-state index contributed by atoms with van der Waals surface area (Å²) in [4.78, 5) is 17.0. The van der Waals surface area contributed by atoms with Gasteiger partial charge in [0.1, 0.15) is 5.69 Å². The Morgan fingerprint density at radius 3 is 2.44 bits per heavy atom. The second-order valence-corrected chi connectivity index (χ2v) is 6.43. The van der Waals surface area contributed by atoms with Gasteiger partial charge in [0.05, 0.1) is 5.39 Å². The summed E-state index contributed by atoms with van der Waals surface area (Å²) >= 11 is 0. The first-order valence-electron chi connectivity index (χ1n) is 9.21. The van der Waals surface area contributed by atoms with Crippen LogP contribution in [0.4, 0.5) is 0 Å². The normalized spacial score (nSPS) is 11.1. The summed E-state index contributed by atoms with van der Waals surface area (Å²) in [5.41, 5.74) is 1.77. The van der Waals surface area contributed by atoms with Crippen molar-refractivity contribution < 1.29 is 0 Å². The Morgan fingerprint density at radius 1 is 0.920 bits per heavy atom. The number of hydrogen-bond acceptors (Lipinski definition) is 3. The maximum absolute atomic E-state index is 12.8. The van der Waals surface area contributed by atoms with E-state index in [2.05, 4.69) is 17.0 Å². The van der Waals surface area contributed by atoms with Crippen molar-refractivity contribution in [3.05, 3.63) is 59.1 Å². The van der Waals surface area contributed by atoms with E-state index < -0.39 is 0 Å². The van der Waals surface area contributed by atoms with E-state index in [1.807, 2.05) is 36.4 Å². The van der Waals surface area contributed by atoms with Gasteiger partial charge in [-0.1, -0.05) is 57.2 Å². The number of pyridine rings is 1. The minimum Gasteiger partial charge on any atom is -0.267 e. The van der Waals surface area contributed by atoms with Crippen molar-refractivity contribution in [3.8, 4) is 11.3 Å². The van der Waals surface area contributed by atoms with Crippen LogP contribution in [0.2, 0.25) is 0 Å². The van der Waals surface area contributed by atoms with Crippen LogP contribution in [-0.4, -0.2) is 14.8 Å². The fraction of sp³-hybridized carbons (Fsp3) is 0.381. The van der Waals surface area contributed by atoms with Crippen LogP contribution in [0.1, 0.15) is 45.4 Å². The Balaban J connectivity index is 1.89. The SMILES string of the molecule is CCCCCCCCn1nc(-c2cccnc2)c2ccccc2c1=O. The van der Waals surface area contributed by atoms with Crippen LogP contribution >= 0.6 is 0 Å². The lowest BCUT2D eigenvalue weighted by molar-refractivity contribution is 0.514. The molecular weight excluding hydrogens is 310 g/mol. The Kier molecular flexibility index (Phi) is 5.94. The molecule has 130 valence electrons. The topological polar surface area (TPSA) is 47.8 Å². The predicted octanol–water partition coefficient (Wildman–Crippen LogP) is 4.82. The lowest BCUT2D eigenvalue weighted by atomic mass is 10.1. The zero-order valence-electron chi connectivity index (χ0n) is 14.8. The Bertz CT molecular complexity index is 871. The maximum atomic E-state index is 12.8. The van der Waals surface area contributed by atoms with E-state index in [4.69, 9.17) is 0 Å².